The summed E-state index contributed by atoms with van der Waals surface area (Å²) in [4.78, 5) is 12.1. The molecule has 1 N–H and O–H groups in total. The Morgan fingerprint density at radius 2 is 2.09 bits per heavy atom. The first-order valence-corrected chi connectivity index (χ1v) is 8.19. The molecule has 2 atom stereocenters. The predicted octanol–water partition coefficient (Wildman–Crippen LogP) is 3.71. The van der Waals surface area contributed by atoms with Crippen LogP contribution < -0.4 is 10.2 Å². The fourth-order valence-corrected chi connectivity index (χ4v) is 2.99. The summed E-state index contributed by atoms with van der Waals surface area (Å²) in [6.45, 7) is 0. The summed E-state index contributed by atoms with van der Waals surface area (Å²) in [5, 5.41) is 4.06. The summed E-state index contributed by atoms with van der Waals surface area (Å²) in [6, 6.07) is 15.7. The van der Waals surface area contributed by atoms with Gasteiger partial charge in [0, 0.05) is 16.0 Å². The molecule has 4 nitrogen and oxygen atoms in total. The summed E-state index contributed by atoms with van der Waals surface area (Å²) in [6.07, 6.45) is 2.48. The van der Waals surface area contributed by atoms with Gasteiger partial charge in [0.05, 0.1) is 13.3 Å². The Labute approximate surface area is 143 Å². The van der Waals surface area contributed by atoms with E-state index in [0.717, 1.165) is 16.5 Å². The summed E-state index contributed by atoms with van der Waals surface area (Å²) in [7, 11) is 1.60. The molecule has 2 aromatic rings. The van der Waals surface area contributed by atoms with Crippen molar-refractivity contribution in [3.05, 3.63) is 64.1 Å². The van der Waals surface area contributed by atoms with E-state index in [0.29, 0.717) is 11.7 Å². The third-order valence-electron chi connectivity index (χ3n) is 3.93. The van der Waals surface area contributed by atoms with Crippen molar-refractivity contribution >= 4 is 28.1 Å². The van der Waals surface area contributed by atoms with Crippen LogP contribution in [0.1, 0.15) is 23.5 Å². The van der Waals surface area contributed by atoms with Crippen molar-refractivity contribution in [1.29, 1.82) is 0 Å². The molecule has 1 saturated carbocycles. The summed E-state index contributed by atoms with van der Waals surface area (Å²) in [5.41, 5.74) is 4.64. The van der Waals surface area contributed by atoms with Crippen LogP contribution in [-0.2, 0) is 4.79 Å². The number of hydrazone groups is 1. The molecule has 1 amide bonds. The van der Waals surface area contributed by atoms with E-state index in [1.54, 1.807) is 13.3 Å². The smallest absolute Gasteiger partial charge is 0.243 e. The van der Waals surface area contributed by atoms with E-state index >= 15 is 0 Å². The molecule has 0 aromatic heterocycles. The highest BCUT2D eigenvalue weighted by atomic mass is 79.9. The number of hydrogen-bond donors (Lipinski definition) is 1. The van der Waals surface area contributed by atoms with E-state index in [9.17, 15) is 4.79 Å². The van der Waals surface area contributed by atoms with Crippen LogP contribution in [0.3, 0.4) is 0 Å². The number of ether oxygens (including phenoxy) is 1. The molecule has 1 aliphatic rings. The fourth-order valence-electron chi connectivity index (χ4n) is 2.61. The topological polar surface area (TPSA) is 50.7 Å². The highest BCUT2D eigenvalue weighted by molar-refractivity contribution is 9.10. The maximum absolute atomic E-state index is 12.1. The molecular weight excluding hydrogens is 356 g/mol. The quantitative estimate of drug-likeness (QED) is 0.642. The first kappa shape index (κ1) is 15.7. The number of halogens is 1. The molecule has 1 aliphatic carbocycles. The fraction of sp³-hybridized carbons (Fsp3) is 0.222. The molecular formula is C18H17BrN2O2. The minimum Gasteiger partial charge on any atom is -0.496 e. The Balaban J connectivity index is 1.59. The minimum absolute atomic E-state index is 0.0129. The normalized spacial score (nSPS) is 19.6. The Kier molecular flexibility index (Phi) is 4.76. The average Bonchev–Trinajstić information content (AvgIpc) is 3.36. The lowest BCUT2D eigenvalue weighted by Crippen LogP contribution is -2.20. The molecule has 3 rings (SSSR count). The van der Waals surface area contributed by atoms with Crippen LogP contribution in [0.25, 0.3) is 0 Å². The number of methoxy groups -OCH3 is 1. The molecule has 5 heteroatoms. The van der Waals surface area contributed by atoms with Crippen molar-refractivity contribution in [3.8, 4) is 5.75 Å². The zero-order chi connectivity index (χ0) is 16.2. The van der Waals surface area contributed by atoms with Crippen molar-refractivity contribution in [2.24, 2.45) is 11.0 Å². The van der Waals surface area contributed by atoms with Crippen LogP contribution in [0.4, 0.5) is 0 Å². The molecule has 0 saturated heterocycles. The van der Waals surface area contributed by atoms with E-state index in [4.69, 9.17) is 4.74 Å². The standard InChI is InChI=1S/C18H17BrN2O2/c1-23-17-8-7-14(19)9-13(17)11-20-21-18(22)16-10-15(16)12-5-3-2-4-6-12/h2-9,11,15-16H,10H2,1H3,(H,21,22)/b20-11+. The number of nitrogens with one attached hydrogen (secondary N) is 1. The number of amides is 1. The molecule has 23 heavy (non-hydrogen) atoms. The lowest BCUT2D eigenvalue weighted by molar-refractivity contribution is -0.122. The monoisotopic (exact) mass is 372 g/mol. The largest absolute Gasteiger partial charge is 0.496 e. The zero-order valence-electron chi connectivity index (χ0n) is 12.7. The van der Waals surface area contributed by atoms with E-state index in [-0.39, 0.29) is 11.8 Å². The van der Waals surface area contributed by atoms with Gasteiger partial charge in [-0.3, -0.25) is 4.79 Å². The highest BCUT2D eigenvalue weighted by Crippen LogP contribution is 2.47. The molecule has 2 unspecified atom stereocenters. The van der Waals surface area contributed by atoms with Gasteiger partial charge >= 0.3 is 0 Å². The first-order chi connectivity index (χ1) is 11.2. The lowest BCUT2D eigenvalue weighted by atomic mass is 10.1. The van der Waals surface area contributed by atoms with Crippen LogP contribution in [0.15, 0.2) is 58.1 Å². The van der Waals surface area contributed by atoms with Gasteiger partial charge in [-0.05, 0) is 36.1 Å². The van der Waals surface area contributed by atoms with Crippen LogP contribution in [0, 0.1) is 5.92 Å². The molecule has 0 bridgehead atoms. The van der Waals surface area contributed by atoms with Crippen molar-refractivity contribution in [2.45, 2.75) is 12.3 Å². The maximum atomic E-state index is 12.1. The Morgan fingerprint density at radius 3 is 2.83 bits per heavy atom. The summed E-state index contributed by atoms with van der Waals surface area (Å²) >= 11 is 3.41. The summed E-state index contributed by atoms with van der Waals surface area (Å²) in [5.74, 6) is 0.995. The van der Waals surface area contributed by atoms with E-state index in [1.165, 1.54) is 5.56 Å². The number of hydrogen-bond acceptors (Lipinski definition) is 3. The zero-order valence-corrected chi connectivity index (χ0v) is 14.3. The Bertz CT molecular complexity index is 731. The average molecular weight is 373 g/mol. The van der Waals surface area contributed by atoms with Gasteiger partial charge in [0.2, 0.25) is 5.91 Å². The molecule has 1 fully saturated rings. The van der Waals surface area contributed by atoms with Gasteiger partial charge in [-0.1, -0.05) is 46.3 Å². The van der Waals surface area contributed by atoms with Gasteiger partial charge in [0.1, 0.15) is 5.75 Å². The van der Waals surface area contributed by atoms with E-state index in [1.807, 2.05) is 36.4 Å². The van der Waals surface area contributed by atoms with Crippen molar-refractivity contribution in [2.75, 3.05) is 7.11 Å². The molecule has 118 valence electrons. The molecule has 0 heterocycles. The van der Waals surface area contributed by atoms with Crippen LogP contribution in [0.5, 0.6) is 5.75 Å². The van der Waals surface area contributed by atoms with Gasteiger partial charge in [-0.15, -0.1) is 0 Å². The minimum atomic E-state index is -0.0379. The van der Waals surface area contributed by atoms with Crippen molar-refractivity contribution in [1.82, 2.24) is 5.43 Å². The second kappa shape index (κ2) is 6.96. The van der Waals surface area contributed by atoms with Gasteiger partial charge in [-0.25, -0.2) is 5.43 Å². The van der Waals surface area contributed by atoms with E-state index in [2.05, 4.69) is 38.6 Å². The molecule has 0 spiro atoms. The number of carbonyl (C=O) groups excluding carboxylic acids is 1. The second-order valence-electron chi connectivity index (χ2n) is 5.48. The third kappa shape index (κ3) is 3.79. The van der Waals surface area contributed by atoms with E-state index < -0.39 is 0 Å². The molecule has 0 aliphatic heterocycles. The number of benzene rings is 2. The van der Waals surface area contributed by atoms with Crippen molar-refractivity contribution < 1.29 is 9.53 Å². The van der Waals surface area contributed by atoms with Crippen LogP contribution >= 0.6 is 15.9 Å². The predicted molar refractivity (Wildman–Crippen MR) is 93.7 cm³/mol. The number of nitrogens with zero attached hydrogens (tertiary/aromatic N) is 1. The third-order valence-corrected chi connectivity index (χ3v) is 4.42. The van der Waals surface area contributed by atoms with Gasteiger partial charge < -0.3 is 4.74 Å². The van der Waals surface area contributed by atoms with Gasteiger partial charge in [-0.2, -0.15) is 5.10 Å². The number of rotatable bonds is 5. The lowest BCUT2D eigenvalue weighted by Gasteiger charge is -2.04. The summed E-state index contributed by atoms with van der Waals surface area (Å²) < 4.78 is 6.20. The first-order valence-electron chi connectivity index (χ1n) is 7.40. The molecule has 0 radical (unpaired) electrons. The van der Waals surface area contributed by atoms with Crippen molar-refractivity contribution in [3.63, 3.8) is 0 Å². The molecule has 2 aromatic carbocycles. The second-order valence-corrected chi connectivity index (χ2v) is 6.40. The Hall–Kier alpha value is -2.14. The maximum Gasteiger partial charge on any atom is 0.243 e. The van der Waals surface area contributed by atoms with Gasteiger partial charge in [0.25, 0.3) is 0 Å². The van der Waals surface area contributed by atoms with Gasteiger partial charge in [0.15, 0.2) is 0 Å². The number of carbonyl (C=O) groups is 1. The Morgan fingerprint density at radius 1 is 1.30 bits per heavy atom. The van der Waals surface area contributed by atoms with Crippen LogP contribution in [-0.4, -0.2) is 19.2 Å². The van der Waals surface area contributed by atoms with Crippen LogP contribution in [0.2, 0.25) is 0 Å². The highest BCUT2D eigenvalue weighted by Gasteiger charge is 2.43. The SMILES string of the molecule is COc1ccc(Br)cc1/C=N/NC(=O)C1CC1c1ccccc1.